The van der Waals surface area contributed by atoms with Crippen LogP contribution in [0.1, 0.15) is 83.5 Å². The molecule has 14 aromatic rings. The zero-order valence-corrected chi connectivity index (χ0v) is 86.1. The number of imidazole rings is 1. The van der Waals surface area contributed by atoms with Gasteiger partial charge in [-0.2, -0.15) is 4.98 Å². The molecule has 0 spiro atoms. The molecular weight excluding hydrogens is 1920 g/mol. The van der Waals surface area contributed by atoms with E-state index in [1.54, 1.807) is 20.3 Å². The lowest BCUT2D eigenvalue weighted by molar-refractivity contribution is 0.401. The summed E-state index contributed by atoms with van der Waals surface area (Å²) in [5.74, 6) is 8.95. The van der Waals surface area contributed by atoms with Crippen LogP contribution >= 0.6 is 34.8 Å². The predicted octanol–water partition coefficient (Wildman–Crippen LogP) is 22.5. The highest BCUT2D eigenvalue weighted by molar-refractivity contribution is 6.35. The number of amidine groups is 5. The maximum atomic E-state index is 8.58. The molecule has 0 unspecified atom stereocenters. The Morgan fingerprint density at radius 3 is 0.960 bits per heavy atom. The molecule has 10 aliphatic rings. The number of aromatic nitrogens is 3. The summed E-state index contributed by atoms with van der Waals surface area (Å²) in [4.78, 5) is 48.5. The Labute approximate surface area is 883 Å². The number of hydrogen-bond acceptors (Lipinski definition) is 19. The highest BCUT2D eigenvalue weighted by atomic mass is 35.5. The van der Waals surface area contributed by atoms with Gasteiger partial charge in [-0.1, -0.05) is 318 Å². The average Bonchev–Trinajstić information content (AvgIpc) is 1.70. The Morgan fingerprint density at radius 2 is 0.597 bits per heavy atom. The van der Waals surface area contributed by atoms with Crippen LogP contribution in [-0.2, 0) is 39.3 Å². The van der Waals surface area contributed by atoms with Crippen LogP contribution in [0, 0.1) is 60.2 Å². The highest BCUT2D eigenvalue weighted by Gasteiger charge is 2.39. The number of guanidine groups is 5. The van der Waals surface area contributed by atoms with Crippen molar-refractivity contribution in [1.82, 2.24) is 63.0 Å². The van der Waals surface area contributed by atoms with Crippen molar-refractivity contribution >= 4 is 128 Å². The average molecular weight is 2030 g/mol. The fraction of sp³-hybridized carbons (Fsp3) is 0.183. The van der Waals surface area contributed by atoms with Gasteiger partial charge in [0, 0.05) is 102 Å². The summed E-state index contributed by atoms with van der Waals surface area (Å²) < 4.78 is 14.9. The number of rotatable bonds is 20. The molecule has 2 aromatic heterocycles. The Bertz CT molecular complexity index is 7580. The van der Waals surface area contributed by atoms with Crippen LogP contribution in [-0.4, -0.2) is 202 Å². The van der Waals surface area contributed by atoms with Crippen LogP contribution < -0.4 is 15.0 Å². The SMILES string of the molecule is COc1cccc(CN2C(=N)C=C(c3ccccc3)N3CCN=C23)c1.COc1ccccc1CN1C(=N)C=C(c2ccccc2)N2CCN=C12.Cc1cc(C)cc(CN2C(=N)C=C(c3ccccc3)N3CCN=C23)c1.Cc1cc(C)cc(Cn2ccn3c(-c4ccccc4)cc(=N)nc23)c1.N=C1C=C(c2ccccc2)N2CCN=C2N1Cc1cc(Cl)cc(Cl)c1.N=C1C=C(c2ccccc2)N2CCN=C2N1Cc1cccc(Cl)c1. The third kappa shape index (κ3) is 23.4. The van der Waals surface area contributed by atoms with E-state index < -0.39 is 0 Å². The van der Waals surface area contributed by atoms with Crippen molar-refractivity contribution in [2.75, 3.05) is 79.7 Å². The van der Waals surface area contributed by atoms with E-state index in [4.69, 9.17) is 81.7 Å². The van der Waals surface area contributed by atoms with Gasteiger partial charge in [-0.3, -0.25) is 86.3 Å². The van der Waals surface area contributed by atoms with E-state index >= 15 is 0 Å². The Balaban J connectivity index is 0.000000112. The second-order valence-electron chi connectivity index (χ2n) is 37.1. The second-order valence-corrected chi connectivity index (χ2v) is 38.4. The largest absolute Gasteiger partial charge is 0.497 e. The maximum absolute atomic E-state index is 8.58. The Morgan fingerprint density at radius 1 is 0.282 bits per heavy atom. The number of fused-ring (bicyclic) bond motifs is 6. The molecule has 12 heterocycles. The molecule has 0 amide bonds. The van der Waals surface area contributed by atoms with E-state index in [9.17, 15) is 0 Å². The number of nitrogens with zero attached hydrogens (tertiary/aromatic N) is 18. The van der Waals surface area contributed by atoms with Crippen LogP contribution in [0.25, 0.3) is 45.5 Å². The maximum Gasteiger partial charge on any atom is 0.216 e. The lowest BCUT2D eigenvalue weighted by Gasteiger charge is -2.36. The summed E-state index contributed by atoms with van der Waals surface area (Å²) in [7, 11) is 3.34. The minimum absolute atomic E-state index is 0.277. The number of para-hydroxylation sites is 1. The molecule has 0 saturated carbocycles. The predicted molar refractivity (Wildman–Crippen MR) is 603 cm³/mol. The van der Waals surface area contributed by atoms with Crippen molar-refractivity contribution in [2.24, 2.45) is 25.0 Å². The lowest BCUT2D eigenvalue weighted by atomic mass is 10.1. The second kappa shape index (κ2) is 46.1. The van der Waals surface area contributed by atoms with Crippen molar-refractivity contribution in [2.45, 2.75) is 67.0 Å². The van der Waals surface area contributed by atoms with E-state index in [1.807, 2.05) is 267 Å². The fourth-order valence-corrected chi connectivity index (χ4v) is 20.6. The van der Waals surface area contributed by atoms with E-state index in [2.05, 4.69) is 195 Å². The number of nitrogens with one attached hydrogen (secondary N) is 6. The zero-order chi connectivity index (χ0) is 103. The number of halogens is 3. The van der Waals surface area contributed by atoms with Crippen molar-refractivity contribution in [3.63, 3.8) is 0 Å². The summed E-state index contributed by atoms with van der Waals surface area (Å²) in [5.41, 5.74) is 24.8. The van der Waals surface area contributed by atoms with E-state index in [-0.39, 0.29) is 5.49 Å². The first-order valence-corrected chi connectivity index (χ1v) is 50.8. The number of aryl methyl sites for hydroxylation is 4. The molecule has 29 heteroatoms. The van der Waals surface area contributed by atoms with Crippen LogP contribution in [0.15, 0.2) is 383 Å². The van der Waals surface area contributed by atoms with Gasteiger partial charge >= 0.3 is 0 Å². The van der Waals surface area contributed by atoms with Gasteiger partial charge < -0.3 is 38.5 Å². The standard InChI is InChI=1S/C21H20N4.C21H22N4.2C20H20N4O.C19H16Cl2N4.C19H17ClN4/c1-15-10-16(2)12-17(11-15)14-24-8-9-25-19(13-20(22)23-21(24)25)18-6-4-3-5-7-18;1-15-10-16(2)12-17(11-15)14-25-20(22)13-19(18-6-4-3-5-7-18)24-9-8-23-21(24)25;1-25-17-9-5-6-15(12-17)14-24-19(21)13-18(16-7-3-2-4-8-16)23-11-10-22-20(23)24;1-25-18-10-6-5-9-16(18)14-24-19(21)13-17(15-7-3-2-4-8-15)23-12-11-22-20(23)24;20-15-8-13(9-16(21)10-15)12-25-18(22)11-17(14-4-2-1-3-5-14)24-7-6-23-19(24)25;20-16-8-4-5-14(11-16)13-24-18(21)12-17(15-6-2-1-3-7-15)23-10-9-22-19(23)24/h3-13,22H,14H2,1-2H3;3-7,10-13,22H,8-9,14H2,1-2H3;2-9,12-13,21H,10-11,14H2,1H3;2-10,13,21H,11-12,14H2,1H3;1-5,8-11,22H,6-7,12H2;1-8,11-12,21H,9-10,13H2. The molecule has 6 N–H and O–H groups in total. The van der Waals surface area contributed by atoms with Crippen LogP contribution in [0.5, 0.6) is 11.5 Å². The Hall–Kier alpha value is -17.1. The third-order valence-corrected chi connectivity index (χ3v) is 27.0. The van der Waals surface area contributed by atoms with Crippen molar-refractivity contribution in [1.29, 1.82) is 32.5 Å². The molecule has 0 aliphatic carbocycles. The molecule has 0 fully saturated rings. The number of hydrogen-bond donors (Lipinski definition) is 6. The molecule has 0 radical (unpaired) electrons. The van der Waals surface area contributed by atoms with Gasteiger partial charge in [0.05, 0.1) is 120 Å². The number of benzene rings is 12. The molecule has 149 heavy (non-hydrogen) atoms. The molecule has 0 bridgehead atoms. The summed E-state index contributed by atoms with van der Waals surface area (Å²) in [5, 5.41) is 52.7. The van der Waals surface area contributed by atoms with Gasteiger partial charge in [-0.25, -0.2) is 0 Å². The smallest absolute Gasteiger partial charge is 0.216 e. The molecule has 12 aromatic carbocycles. The number of ether oxygens (including phenoxy) is 2. The van der Waals surface area contributed by atoms with Gasteiger partial charge in [0.2, 0.25) is 35.6 Å². The molecule has 0 saturated heterocycles. The molecule has 26 nitrogen and oxygen atoms in total. The number of methoxy groups -OCH3 is 2. The summed E-state index contributed by atoms with van der Waals surface area (Å²) in [6.45, 7) is 20.1. The normalized spacial score (nSPS) is 15.7. The number of aliphatic imine (C=N–C) groups is 5. The van der Waals surface area contributed by atoms with Crippen molar-refractivity contribution in [3.8, 4) is 22.8 Å². The summed E-state index contributed by atoms with van der Waals surface area (Å²) in [6, 6.07) is 105. The first-order valence-electron chi connectivity index (χ1n) is 49.6. The third-order valence-electron chi connectivity index (χ3n) is 26.4. The van der Waals surface area contributed by atoms with Gasteiger partial charge in [0.1, 0.15) is 40.7 Å². The topological polar surface area (TPSA) is 278 Å². The van der Waals surface area contributed by atoms with Gasteiger partial charge in [0.15, 0.2) is 5.49 Å². The van der Waals surface area contributed by atoms with Gasteiger partial charge in [-0.05, 0) is 137 Å². The van der Waals surface area contributed by atoms with Crippen molar-refractivity contribution < 1.29 is 9.47 Å². The molecule has 24 rings (SSSR count). The van der Waals surface area contributed by atoms with E-state index in [0.29, 0.717) is 77.0 Å². The minimum atomic E-state index is 0.277. The van der Waals surface area contributed by atoms with E-state index in [0.717, 1.165) is 209 Å². The van der Waals surface area contributed by atoms with Crippen LogP contribution in [0.2, 0.25) is 15.1 Å². The Kier molecular flexibility index (Phi) is 31.1. The minimum Gasteiger partial charge on any atom is -0.497 e. The van der Waals surface area contributed by atoms with Gasteiger partial charge in [0.25, 0.3) is 0 Å². The molecule has 748 valence electrons. The first kappa shape index (κ1) is 101. The molecule has 0 atom stereocenters. The van der Waals surface area contributed by atoms with Crippen molar-refractivity contribution in [3.05, 3.63) is 462 Å². The van der Waals surface area contributed by atoms with E-state index in [1.165, 1.54) is 33.4 Å². The quantitative estimate of drug-likeness (QED) is 0.0415. The first-order chi connectivity index (χ1) is 72.6. The van der Waals surface area contributed by atoms with Crippen LogP contribution in [0.4, 0.5) is 0 Å². The molecule has 10 aliphatic heterocycles. The lowest BCUT2D eigenvalue weighted by Crippen LogP contribution is -2.47. The zero-order valence-electron chi connectivity index (χ0n) is 83.9. The highest BCUT2D eigenvalue weighted by Crippen LogP contribution is 2.38. The summed E-state index contributed by atoms with van der Waals surface area (Å²) in [6.07, 6.45) is 13.7. The molecular formula is C120H115Cl3N24O2. The summed E-state index contributed by atoms with van der Waals surface area (Å²) >= 11 is 18.3. The fourth-order valence-electron chi connectivity index (χ4n) is 19.8. The monoisotopic (exact) mass is 2030 g/mol. The van der Waals surface area contributed by atoms with Gasteiger partial charge in [-0.15, -0.1) is 0 Å². The van der Waals surface area contributed by atoms with Crippen LogP contribution in [0.3, 0.4) is 0 Å².